The number of nitrogens with zero attached hydrogens (tertiary/aromatic N) is 3. The molecule has 1 aromatic heterocycles. The number of likely N-dealkylation sites (N-methyl/N-ethyl adjacent to an activating group) is 1. The number of pyridine rings is 1. The van der Waals surface area contributed by atoms with E-state index in [1.54, 1.807) is 36.7 Å². The molecular weight excluding hydrogens is 510 g/mol. The summed E-state index contributed by atoms with van der Waals surface area (Å²) in [5.41, 5.74) is 1.21. The first kappa shape index (κ1) is 23.3. The molecule has 0 radical (unpaired) electrons. The summed E-state index contributed by atoms with van der Waals surface area (Å²) in [6.07, 6.45) is 6.40. The molecule has 2 fully saturated rings. The van der Waals surface area contributed by atoms with Gasteiger partial charge >= 0.3 is 0 Å². The lowest BCUT2D eigenvalue weighted by atomic mass is 9.97. The molecule has 2 aliphatic rings. The fraction of sp³-hybridized carbons (Fsp3) is 0.304. The SMILES string of the molecule is CN1C(=O)S/C(=C\c2cc(OCC3CCN(C(=O)c4cccnc4)CC3)c(O)cc2Br)C1=O. The van der Waals surface area contributed by atoms with Crippen LogP contribution < -0.4 is 4.74 Å². The second kappa shape index (κ2) is 9.96. The summed E-state index contributed by atoms with van der Waals surface area (Å²) < 4.78 is 6.48. The molecule has 3 heterocycles. The molecule has 10 heteroatoms. The summed E-state index contributed by atoms with van der Waals surface area (Å²) in [4.78, 5) is 43.7. The van der Waals surface area contributed by atoms with E-state index in [4.69, 9.17) is 4.74 Å². The summed E-state index contributed by atoms with van der Waals surface area (Å²) >= 11 is 4.26. The number of aromatic nitrogens is 1. The Labute approximate surface area is 203 Å². The Morgan fingerprint density at radius 2 is 2.09 bits per heavy atom. The lowest BCUT2D eigenvalue weighted by molar-refractivity contribution is -0.121. The maximum Gasteiger partial charge on any atom is 0.293 e. The number of ether oxygens (including phenoxy) is 1. The standard InChI is InChI=1S/C23H22BrN3O5S/c1-26-22(30)20(33-23(26)31)10-16-9-19(18(28)11-17(16)24)32-13-14-4-7-27(8-5-14)21(29)15-3-2-6-25-12-15/h2-3,6,9-12,14,28H,4-5,7-8,13H2,1H3/b20-10-. The van der Waals surface area contributed by atoms with Gasteiger partial charge in [0, 0.05) is 37.0 Å². The number of thioether (sulfide) groups is 1. The Kier molecular flexibility index (Phi) is 7.04. The largest absolute Gasteiger partial charge is 0.504 e. The number of carbonyl (C=O) groups excluding carboxylic acids is 3. The predicted molar refractivity (Wildman–Crippen MR) is 128 cm³/mol. The van der Waals surface area contributed by atoms with Gasteiger partial charge in [-0.1, -0.05) is 15.9 Å². The van der Waals surface area contributed by atoms with E-state index >= 15 is 0 Å². The zero-order valence-corrected chi connectivity index (χ0v) is 20.3. The number of hydrogen-bond acceptors (Lipinski definition) is 7. The lowest BCUT2D eigenvalue weighted by Gasteiger charge is -2.32. The van der Waals surface area contributed by atoms with Crippen LogP contribution >= 0.6 is 27.7 Å². The number of halogens is 1. The zero-order chi connectivity index (χ0) is 23.5. The molecule has 4 rings (SSSR count). The monoisotopic (exact) mass is 531 g/mol. The van der Waals surface area contributed by atoms with Gasteiger partial charge in [-0.05, 0) is 66.4 Å². The van der Waals surface area contributed by atoms with Gasteiger partial charge in [0.1, 0.15) is 0 Å². The number of carbonyl (C=O) groups is 3. The molecule has 3 amide bonds. The average molecular weight is 532 g/mol. The van der Waals surface area contributed by atoms with E-state index in [9.17, 15) is 19.5 Å². The number of benzene rings is 1. The van der Waals surface area contributed by atoms with Gasteiger partial charge < -0.3 is 14.7 Å². The van der Waals surface area contributed by atoms with Gasteiger partial charge in [-0.2, -0.15) is 0 Å². The minimum atomic E-state index is -0.361. The number of phenols is 1. The number of likely N-dealkylation sites (tertiary alicyclic amines) is 1. The third kappa shape index (κ3) is 5.22. The first-order chi connectivity index (χ1) is 15.8. The third-order valence-electron chi connectivity index (χ3n) is 5.64. The molecule has 2 aromatic rings. The van der Waals surface area contributed by atoms with Crippen LogP contribution in [0.2, 0.25) is 0 Å². The van der Waals surface area contributed by atoms with Gasteiger partial charge in [0.2, 0.25) is 0 Å². The van der Waals surface area contributed by atoms with Gasteiger partial charge in [-0.15, -0.1) is 0 Å². The molecule has 8 nitrogen and oxygen atoms in total. The topological polar surface area (TPSA) is 100 Å². The molecular formula is C23H22BrN3O5S. The van der Waals surface area contributed by atoms with Crippen LogP contribution in [0.3, 0.4) is 0 Å². The van der Waals surface area contributed by atoms with Crippen molar-refractivity contribution in [3.63, 3.8) is 0 Å². The maximum atomic E-state index is 12.6. The lowest BCUT2D eigenvalue weighted by Crippen LogP contribution is -2.39. The molecule has 2 aliphatic heterocycles. The molecule has 0 spiro atoms. The second-order valence-corrected chi connectivity index (χ2v) is 9.72. The highest BCUT2D eigenvalue weighted by molar-refractivity contribution is 9.10. The van der Waals surface area contributed by atoms with Crippen LogP contribution in [0.4, 0.5) is 4.79 Å². The molecule has 0 atom stereocenters. The predicted octanol–water partition coefficient (Wildman–Crippen LogP) is 4.15. The van der Waals surface area contributed by atoms with Crippen molar-refractivity contribution in [3.05, 3.63) is 57.2 Å². The van der Waals surface area contributed by atoms with Crippen LogP contribution in [-0.2, 0) is 4.79 Å². The van der Waals surface area contributed by atoms with Gasteiger partial charge in [-0.3, -0.25) is 24.3 Å². The normalized spacial score (nSPS) is 18.3. The first-order valence-corrected chi connectivity index (χ1v) is 12.0. The number of rotatable bonds is 5. The number of aromatic hydroxyl groups is 1. The van der Waals surface area contributed by atoms with Gasteiger partial charge in [-0.25, -0.2) is 0 Å². The fourth-order valence-electron chi connectivity index (χ4n) is 3.65. The maximum absolute atomic E-state index is 12.6. The molecule has 33 heavy (non-hydrogen) atoms. The smallest absolute Gasteiger partial charge is 0.293 e. The summed E-state index contributed by atoms with van der Waals surface area (Å²) in [5.74, 6) is 0.140. The molecule has 1 aromatic carbocycles. The summed E-state index contributed by atoms with van der Waals surface area (Å²) in [6.45, 7) is 1.66. The molecule has 2 saturated heterocycles. The number of imide groups is 1. The zero-order valence-electron chi connectivity index (χ0n) is 17.9. The highest BCUT2D eigenvalue weighted by atomic mass is 79.9. The summed E-state index contributed by atoms with van der Waals surface area (Å²) in [7, 11) is 1.44. The van der Waals surface area contributed by atoms with Crippen LogP contribution in [-0.4, -0.2) is 63.7 Å². The average Bonchev–Trinajstić information content (AvgIpc) is 3.07. The number of phenolic OH excluding ortho intramolecular Hbond substituents is 1. The van der Waals surface area contributed by atoms with E-state index in [0.29, 0.717) is 46.0 Å². The van der Waals surface area contributed by atoms with Crippen LogP contribution in [0.25, 0.3) is 6.08 Å². The minimum Gasteiger partial charge on any atom is -0.504 e. The van der Waals surface area contributed by atoms with Crippen LogP contribution in [0.5, 0.6) is 11.5 Å². The van der Waals surface area contributed by atoms with Crippen molar-refractivity contribution in [2.45, 2.75) is 12.8 Å². The van der Waals surface area contributed by atoms with Crippen molar-refractivity contribution in [1.82, 2.24) is 14.8 Å². The molecule has 0 aliphatic carbocycles. The van der Waals surface area contributed by atoms with Gasteiger partial charge in [0.05, 0.1) is 17.1 Å². The van der Waals surface area contributed by atoms with Crippen molar-refractivity contribution >= 4 is 50.8 Å². The van der Waals surface area contributed by atoms with Crippen molar-refractivity contribution in [2.75, 3.05) is 26.7 Å². The molecule has 1 N–H and O–H groups in total. The highest BCUT2D eigenvalue weighted by Crippen LogP contribution is 2.37. The Balaban J connectivity index is 1.37. The van der Waals surface area contributed by atoms with Gasteiger partial charge in [0.25, 0.3) is 17.1 Å². The molecule has 0 unspecified atom stereocenters. The quantitative estimate of drug-likeness (QED) is 0.578. The van der Waals surface area contributed by atoms with E-state index in [2.05, 4.69) is 20.9 Å². The van der Waals surface area contributed by atoms with Crippen LogP contribution in [0, 0.1) is 5.92 Å². The highest BCUT2D eigenvalue weighted by Gasteiger charge is 2.32. The number of amides is 3. The van der Waals surface area contributed by atoms with E-state index in [0.717, 1.165) is 29.5 Å². The fourth-order valence-corrected chi connectivity index (χ4v) is 4.92. The Morgan fingerprint density at radius 1 is 1.33 bits per heavy atom. The molecule has 0 saturated carbocycles. The second-order valence-electron chi connectivity index (χ2n) is 7.87. The summed E-state index contributed by atoms with van der Waals surface area (Å²) in [6, 6.07) is 6.66. The molecule has 172 valence electrons. The Morgan fingerprint density at radius 3 is 2.73 bits per heavy atom. The van der Waals surface area contributed by atoms with Crippen molar-refractivity contribution in [2.24, 2.45) is 5.92 Å². The first-order valence-electron chi connectivity index (χ1n) is 10.4. The van der Waals surface area contributed by atoms with Gasteiger partial charge in [0.15, 0.2) is 11.5 Å². The minimum absolute atomic E-state index is 0.0193. The van der Waals surface area contributed by atoms with Crippen molar-refractivity contribution in [3.8, 4) is 11.5 Å². The van der Waals surface area contributed by atoms with Crippen LogP contribution in [0.15, 0.2) is 46.0 Å². The Bertz CT molecular complexity index is 1120. The third-order valence-corrected chi connectivity index (χ3v) is 7.28. The van der Waals surface area contributed by atoms with E-state index in [1.807, 2.05) is 4.90 Å². The van der Waals surface area contributed by atoms with Crippen LogP contribution in [0.1, 0.15) is 28.8 Å². The van der Waals surface area contributed by atoms with E-state index in [1.165, 1.54) is 13.1 Å². The number of hydrogen-bond donors (Lipinski definition) is 1. The van der Waals surface area contributed by atoms with Crippen molar-refractivity contribution in [1.29, 1.82) is 0 Å². The molecule has 0 bridgehead atoms. The van der Waals surface area contributed by atoms with E-state index < -0.39 is 0 Å². The van der Waals surface area contributed by atoms with E-state index in [-0.39, 0.29) is 28.7 Å². The van der Waals surface area contributed by atoms with Crippen molar-refractivity contribution < 1.29 is 24.2 Å². The Hall–Kier alpha value is -2.85. The number of piperidine rings is 1. The summed E-state index contributed by atoms with van der Waals surface area (Å²) in [5, 5.41) is 9.99.